The summed E-state index contributed by atoms with van der Waals surface area (Å²) < 4.78 is 18.0. The van der Waals surface area contributed by atoms with Gasteiger partial charge in [-0.3, -0.25) is 14.5 Å². The third-order valence-electron chi connectivity index (χ3n) is 4.98. The molecule has 1 amide bonds. The molecule has 1 aliphatic rings. The van der Waals surface area contributed by atoms with Gasteiger partial charge < -0.3 is 14.2 Å². The number of hydrogen-bond acceptors (Lipinski definition) is 7. The molecule has 3 rings (SSSR count). The van der Waals surface area contributed by atoms with E-state index in [4.69, 9.17) is 26.4 Å². The van der Waals surface area contributed by atoms with Crippen LogP contribution in [0.3, 0.4) is 0 Å². The third-order valence-corrected chi connectivity index (χ3v) is 6.95. The molecule has 0 spiro atoms. The molecular formula is C25H26BrNO5S2. The molecule has 1 aliphatic heterocycles. The number of carbonyl (C=O) groups is 2. The fourth-order valence-corrected chi connectivity index (χ4v) is 5.16. The molecule has 0 saturated carbocycles. The number of ether oxygens (including phenoxy) is 3. The van der Waals surface area contributed by atoms with Crippen molar-refractivity contribution in [1.29, 1.82) is 0 Å². The van der Waals surface area contributed by atoms with E-state index in [0.29, 0.717) is 40.5 Å². The zero-order chi connectivity index (χ0) is 24.7. The molecule has 2 aromatic rings. The van der Waals surface area contributed by atoms with Gasteiger partial charge in [0.15, 0.2) is 11.5 Å². The highest BCUT2D eigenvalue weighted by atomic mass is 79.9. The largest absolute Gasteiger partial charge is 0.490 e. The number of amides is 1. The fourth-order valence-electron chi connectivity index (χ4n) is 3.28. The number of benzene rings is 2. The Balaban J connectivity index is 1.79. The van der Waals surface area contributed by atoms with E-state index in [0.717, 1.165) is 21.2 Å². The summed E-state index contributed by atoms with van der Waals surface area (Å²) in [5.41, 5.74) is 3.01. The van der Waals surface area contributed by atoms with Crippen LogP contribution < -0.4 is 9.47 Å². The topological polar surface area (TPSA) is 65.1 Å². The molecule has 0 aliphatic carbocycles. The van der Waals surface area contributed by atoms with Crippen molar-refractivity contribution in [2.75, 3.05) is 19.8 Å². The smallest absolute Gasteiger partial charge is 0.307 e. The minimum absolute atomic E-state index is 0.0977. The lowest BCUT2D eigenvalue weighted by atomic mass is 10.1. The molecule has 0 bridgehead atoms. The summed E-state index contributed by atoms with van der Waals surface area (Å²) in [5.74, 6) is 0.596. The van der Waals surface area contributed by atoms with Crippen LogP contribution in [-0.2, 0) is 20.9 Å². The molecule has 0 atom stereocenters. The first kappa shape index (κ1) is 26.2. The van der Waals surface area contributed by atoms with Crippen LogP contribution in [0.5, 0.6) is 11.5 Å². The van der Waals surface area contributed by atoms with Crippen LogP contribution in [-0.4, -0.2) is 40.9 Å². The summed E-state index contributed by atoms with van der Waals surface area (Å²) in [6.07, 6.45) is 1.86. The SMILES string of the molecule is CCOC(=O)CCN1C(=O)/C(=C/c2cc(Br)c(OCc3ccccc3C)c(OCC)c2)SC1=S. The molecule has 0 radical (unpaired) electrons. The van der Waals surface area contributed by atoms with Gasteiger partial charge in [-0.15, -0.1) is 0 Å². The van der Waals surface area contributed by atoms with Gasteiger partial charge in [-0.05, 0) is 71.6 Å². The van der Waals surface area contributed by atoms with Gasteiger partial charge in [0.05, 0.1) is 29.0 Å². The highest BCUT2D eigenvalue weighted by Crippen LogP contribution is 2.40. The summed E-state index contributed by atoms with van der Waals surface area (Å²) in [6, 6.07) is 11.8. The number of nitrogens with zero attached hydrogens (tertiary/aromatic N) is 1. The monoisotopic (exact) mass is 563 g/mol. The minimum Gasteiger partial charge on any atom is -0.490 e. The van der Waals surface area contributed by atoms with E-state index in [1.165, 1.54) is 16.7 Å². The van der Waals surface area contributed by atoms with E-state index in [1.54, 1.807) is 13.0 Å². The average Bonchev–Trinajstić information content (AvgIpc) is 3.05. The Hall–Kier alpha value is -2.36. The van der Waals surface area contributed by atoms with Crippen LogP contribution in [0.4, 0.5) is 0 Å². The molecule has 180 valence electrons. The third kappa shape index (κ3) is 6.61. The van der Waals surface area contributed by atoms with E-state index in [-0.39, 0.29) is 24.8 Å². The first-order valence-corrected chi connectivity index (χ1v) is 12.9. The number of thioether (sulfide) groups is 1. The lowest BCUT2D eigenvalue weighted by molar-refractivity contribution is -0.143. The van der Waals surface area contributed by atoms with Crippen LogP contribution >= 0.6 is 39.9 Å². The van der Waals surface area contributed by atoms with Crippen molar-refractivity contribution in [3.63, 3.8) is 0 Å². The highest BCUT2D eigenvalue weighted by Gasteiger charge is 2.32. The summed E-state index contributed by atoms with van der Waals surface area (Å²) in [5, 5.41) is 0. The van der Waals surface area contributed by atoms with Crippen molar-refractivity contribution < 1.29 is 23.8 Å². The van der Waals surface area contributed by atoms with Crippen LogP contribution in [0.1, 0.15) is 37.0 Å². The van der Waals surface area contributed by atoms with E-state index in [9.17, 15) is 9.59 Å². The predicted octanol–water partition coefficient (Wildman–Crippen LogP) is 5.89. The van der Waals surface area contributed by atoms with E-state index < -0.39 is 0 Å². The van der Waals surface area contributed by atoms with Gasteiger partial charge in [0.25, 0.3) is 5.91 Å². The van der Waals surface area contributed by atoms with Gasteiger partial charge >= 0.3 is 5.97 Å². The zero-order valence-corrected chi connectivity index (χ0v) is 22.5. The molecule has 1 fully saturated rings. The lowest BCUT2D eigenvalue weighted by Crippen LogP contribution is -2.30. The van der Waals surface area contributed by atoms with Gasteiger partial charge in [-0.25, -0.2) is 0 Å². The Morgan fingerprint density at radius 2 is 1.94 bits per heavy atom. The van der Waals surface area contributed by atoms with Crippen molar-refractivity contribution in [1.82, 2.24) is 4.90 Å². The molecule has 1 saturated heterocycles. The second-order valence-corrected chi connectivity index (χ2v) is 9.90. The minimum atomic E-state index is -0.355. The van der Waals surface area contributed by atoms with Gasteiger partial charge in [0.1, 0.15) is 10.9 Å². The molecule has 1 heterocycles. The quantitative estimate of drug-likeness (QED) is 0.203. The fraction of sp³-hybridized carbons (Fsp3) is 0.320. The normalized spacial score (nSPS) is 14.6. The zero-order valence-electron chi connectivity index (χ0n) is 19.3. The van der Waals surface area contributed by atoms with Gasteiger partial charge in [-0.2, -0.15) is 0 Å². The second-order valence-electron chi connectivity index (χ2n) is 7.37. The Bertz CT molecular complexity index is 1120. The molecule has 0 unspecified atom stereocenters. The molecule has 2 aromatic carbocycles. The molecule has 0 aromatic heterocycles. The number of esters is 1. The Morgan fingerprint density at radius 3 is 2.65 bits per heavy atom. The number of hydrogen-bond donors (Lipinski definition) is 0. The van der Waals surface area contributed by atoms with Gasteiger partial charge in [0.2, 0.25) is 0 Å². The summed E-state index contributed by atoms with van der Waals surface area (Å²) in [6.45, 7) is 7.06. The Labute approximate surface area is 217 Å². The van der Waals surface area contributed by atoms with Crippen LogP contribution in [0.2, 0.25) is 0 Å². The summed E-state index contributed by atoms with van der Waals surface area (Å²) in [7, 11) is 0. The van der Waals surface area contributed by atoms with Gasteiger partial charge in [-0.1, -0.05) is 48.2 Å². The van der Waals surface area contributed by atoms with Crippen molar-refractivity contribution in [2.24, 2.45) is 0 Å². The highest BCUT2D eigenvalue weighted by molar-refractivity contribution is 9.10. The Kier molecular flexibility index (Phi) is 9.55. The van der Waals surface area contributed by atoms with E-state index in [2.05, 4.69) is 15.9 Å². The average molecular weight is 565 g/mol. The van der Waals surface area contributed by atoms with Crippen LogP contribution in [0, 0.1) is 6.92 Å². The van der Waals surface area contributed by atoms with E-state index in [1.807, 2.05) is 50.2 Å². The number of aryl methyl sites for hydroxylation is 1. The lowest BCUT2D eigenvalue weighted by Gasteiger charge is -2.16. The van der Waals surface area contributed by atoms with E-state index >= 15 is 0 Å². The maximum atomic E-state index is 12.9. The maximum Gasteiger partial charge on any atom is 0.307 e. The van der Waals surface area contributed by atoms with Crippen molar-refractivity contribution in [3.8, 4) is 11.5 Å². The van der Waals surface area contributed by atoms with Crippen molar-refractivity contribution in [3.05, 3.63) is 62.5 Å². The molecular weight excluding hydrogens is 538 g/mol. The summed E-state index contributed by atoms with van der Waals surface area (Å²) >= 11 is 10.2. The molecule has 9 heteroatoms. The number of rotatable bonds is 10. The number of carbonyl (C=O) groups excluding carboxylic acids is 2. The standard InChI is InChI=1S/C25H26BrNO5S2/c1-4-30-20-13-17(12-19(26)23(20)32-15-18-9-7-6-8-16(18)3)14-21-24(29)27(25(33)34-21)11-10-22(28)31-5-2/h6-9,12-14H,4-5,10-11,15H2,1-3H3/b21-14-. The maximum absolute atomic E-state index is 12.9. The number of thiocarbonyl (C=S) groups is 1. The second kappa shape index (κ2) is 12.4. The molecule has 0 N–H and O–H groups in total. The van der Waals surface area contributed by atoms with Crippen molar-refractivity contribution >= 4 is 62.2 Å². The summed E-state index contributed by atoms with van der Waals surface area (Å²) in [4.78, 5) is 26.4. The van der Waals surface area contributed by atoms with Gasteiger partial charge in [0, 0.05) is 6.54 Å². The predicted molar refractivity (Wildman–Crippen MR) is 142 cm³/mol. The number of halogens is 1. The van der Waals surface area contributed by atoms with Crippen molar-refractivity contribution in [2.45, 2.75) is 33.8 Å². The first-order valence-electron chi connectivity index (χ1n) is 10.9. The molecule has 34 heavy (non-hydrogen) atoms. The van der Waals surface area contributed by atoms with Crippen LogP contribution in [0.15, 0.2) is 45.8 Å². The van der Waals surface area contributed by atoms with Crippen LogP contribution in [0.25, 0.3) is 6.08 Å². The Morgan fingerprint density at radius 1 is 1.18 bits per heavy atom. The first-order chi connectivity index (χ1) is 16.3. The molecule has 6 nitrogen and oxygen atoms in total.